The summed E-state index contributed by atoms with van der Waals surface area (Å²) in [5.74, 6) is 1.37. The average Bonchev–Trinajstić information content (AvgIpc) is 3.61. The molecule has 2 aromatic heterocycles. The number of H-pyrrole nitrogens is 1. The van der Waals surface area contributed by atoms with Crippen LogP contribution in [0.4, 0.5) is 11.4 Å². The summed E-state index contributed by atoms with van der Waals surface area (Å²) in [5.41, 5.74) is 9.95. The Bertz CT molecular complexity index is 1690. The molecule has 6 nitrogen and oxygen atoms in total. The highest BCUT2D eigenvalue weighted by atomic mass is 16.3. The van der Waals surface area contributed by atoms with E-state index < -0.39 is 0 Å². The molecule has 0 unspecified atom stereocenters. The number of aromatic nitrogens is 3. The predicted molar refractivity (Wildman–Crippen MR) is 166 cm³/mol. The molecule has 6 heteroatoms. The Morgan fingerprint density at radius 2 is 1.27 bits per heavy atom. The average molecular weight is 526 g/mol. The van der Waals surface area contributed by atoms with Gasteiger partial charge in [-0.15, -0.1) is 0 Å². The number of aromatic amines is 1. The third kappa shape index (κ3) is 4.99. The quantitative estimate of drug-likeness (QED) is 0.230. The highest BCUT2D eigenvalue weighted by molar-refractivity contribution is 5.85. The molecule has 0 saturated carbocycles. The Kier molecular flexibility index (Phi) is 6.66. The largest absolute Gasteiger partial charge is 0.437 e. The van der Waals surface area contributed by atoms with E-state index in [0.717, 1.165) is 61.9 Å². The zero-order valence-corrected chi connectivity index (χ0v) is 23.1. The third-order valence-corrected chi connectivity index (χ3v) is 6.97. The van der Waals surface area contributed by atoms with Crippen LogP contribution in [0.5, 0.6) is 0 Å². The summed E-state index contributed by atoms with van der Waals surface area (Å²) in [6, 6.07) is 33.1. The van der Waals surface area contributed by atoms with Crippen molar-refractivity contribution < 1.29 is 4.42 Å². The molecule has 0 bridgehead atoms. The second kappa shape index (κ2) is 10.6. The van der Waals surface area contributed by atoms with Crippen LogP contribution in [0.1, 0.15) is 11.5 Å². The number of benzene rings is 4. The minimum absolute atomic E-state index is 0.568. The van der Waals surface area contributed by atoms with Crippen LogP contribution in [0.25, 0.3) is 57.2 Å². The topological polar surface area (TPSA) is 61.2 Å². The maximum Gasteiger partial charge on any atom is 0.220 e. The SMILES string of the molecule is CN(C)c1ccc(-c2nc(-c3ccccc3C=Cc3nc4ccccc4o3)[nH]c2-c2ccc(N(C)C)cc2)cc1. The van der Waals surface area contributed by atoms with E-state index >= 15 is 0 Å². The van der Waals surface area contributed by atoms with E-state index in [1.54, 1.807) is 0 Å². The molecule has 40 heavy (non-hydrogen) atoms. The summed E-state index contributed by atoms with van der Waals surface area (Å²) in [6.45, 7) is 0. The Hall–Kier alpha value is -5.10. The summed E-state index contributed by atoms with van der Waals surface area (Å²) in [6.07, 6.45) is 3.93. The van der Waals surface area contributed by atoms with Gasteiger partial charge in [-0.05, 0) is 48.0 Å². The van der Waals surface area contributed by atoms with Crippen LogP contribution in [-0.2, 0) is 0 Å². The van der Waals surface area contributed by atoms with E-state index in [1.165, 1.54) is 0 Å². The molecule has 0 aliphatic heterocycles. The van der Waals surface area contributed by atoms with Crippen molar-refractivity contribution >= 4 is 34.6 Å². The van der Waals surface area contributed by atoms with Gasteiger partial charge in [0.2, 0.25) is 5.89 Å². The molecule has 0 amide bonds. The lowest BCUT2D eigenvalue weighted by atomic mass is 10.0. The molecule has 4 aromatic carbocycles. The summed E-state index contributed by atoms with van der Waals surface area (Å²) >= 11 is 0. The maximum atomic E-state index is 5.90. The standard InChI is InChI=1S/C34H31N5O/c1-38(2)26-18-13-24(14-19-26)32-33(25-15-20-27(21-16-25)39(3)4)37-34(36-32)28-10-6-5-9-23(28)17-22-31-35-29-11-7-8-12-30(29)40-31/h5-22H,1-4H3,(H,36,37). The van der Waals surface area contributed by atoms with Gasteiger partial charge in [-0.25, -0.2) is 9.97 Å². The zero-order chi connectivity index (χ0) is 27.6. The van der Waals surface area contributed by atoms with E-state index in [1.807, 2.05) is 76.7 Å². The highest BCUT2D eigenvalue weighted by Crippen LogP contribution is 2.35. The van der Waals surface area contributed by atoms with Crippen molar-refractivity contribution in [2.75, 3.05) is 38.0 Å². The molecule has 0 spiro atoms. The fourth-order valence-corrected chi connectivity index (χ4v) is 4.74. The van der Waals surface area contributed by atoms with Gasteiger partial charge in [0, 0.05) is 62.3 Å². The molecule has 2 heterocycles. The van der Waals surface area contributed by atoms with E-state index in [0.29, 0.717) is 5.89 Å². The van der Waals surface area contributed by atoms with Gasteiger partial charge in [-0.3, -0.25) is 0 Å². The van der Waals surface area contributed by atoms with Gasteiger partial charge in [0.1, 0.15) is 11.3 Å². The van der Waals surface area contributed by atoms with Gasteiger partial charge in [0.25, 0.3) is 0 Å². The maximum absolute atomic E-state index is 5.90. The molecular formula is C34H31N5O. The number of anilines is 2. The molecule has 0 radical (unpaired) electrons. The van der Waals surface area contributed by atoms with Crippen molar-refractivity contribution in [2.45, 2.75) is 0 Å². The summed E-state index contributed by atoms with van der Waals surface area (Å²) < 4.78 is 5.90. The van der Waals surface area contributed by atoms with Gasteiger partial charge in [0.05, 0.1) is 11.4 Å². The van der Waals surface area contributed by atoms with E-state index in [9.17, 15) is 0 Å². The number of nitrogens with one attached hydrogen (secondary N) is 1. The first-order valence-electron chi connectivity index (χ1n) is 13.2. The Morgan fingerprint density at radius 3 is 1.95 bits per heavy atom. The van der Waals surface area contributed by atoms with Gasteiger partial charge in [-0.2, -0.15) is 0 Å². The molecule has 0 atom stereocenters. The number of hydrogen-bond donors (Lipinski definition) is 1. The van der Waals surface area contributed by atoms with Crippen LogP contribution < -0.4 is 9.80 Å². The minimum atomic E-state index is 0.568. The fourth-order valence-electron chi connectivity index (χ4n) is 4.74. The number of fused-ring (bicyclic) bond motifs is 1. The Labute approximate surface area is 234 Å². The lowest BCUT2D eigenvalue weighted by molar-refractivity contribution is 0.590. The summed E-state index contributed by atoms with van der Waals surface area (Å²) in [5, 5.41) is 0. The van der Waals surface area contributed by atoms with Crippen LogP contribution in [0, 0.1) is 0 Å². The zero-order valence-electron chi connectivity index (χ0n) is 23.1. The van der Waals surface area contributed by atoms with Gasteiger partial charge in [0.15, 0.2) is 5.58 Å². The number of imidazole rings is 1. The molecule has 1 N–H and O–H groups in total. The number of nitrogens with zero attached hydrogens (tertiary/aromatic N) is 4. The second-order valence-electron chi connectivity index (χ2n) is 10.1. The first kappa shape index (κ1) is 25.2. The molecular weight excluding hydrogens is 494 g/mol. The predicted octanol–water partition coefficient (Wildman–Crippen LogP) is 7.85. The van der Waals surface area contributed by atoms with Crippen LogP contribution in [0.15, 0.2) is 101 Å². The van der Waals surface area contributed by atoms with E-state index in [2.05, 4.69) is 80.4 Å². The molecule has 0 saturated heterocycles. The molecule has 0 fully saturated rings. The third-order valence-electron chi connectivity index (χ3n) is 6.97. The monoisotopic (exact) mass is 525 g/mol. The van der Waals surface area contributed by atoms with Crippen LogP contribution >= 0.6 is 0 Å². The van der Waals surface area contributed by atoms with Gasteiger partial charge < -0.3 is 19.2 Å². The highest BCUT2D eigenvalue weighted by Gasteiger charge is 2.17. The van der Waals surface area contributed by atoms with Crippen molar-refractivity contribution in [3.63, 3.8) is 0 Å². The summed E-state index contributed by atoms with van der Waals surface area (Å²) in [4.78, 5) is 17.6. The van der Waals surface area contributed by atoms with E-state index in [-0.39, 0.29) is 0 Å². The number of rotatable bonds is 7. The number of para-hydroxylation sites is 2. The van der Waals surface area contributed by atoms with Gasteiger partial charge >= 0.3 is 0 Å². The van der Waals surface area contributed by atoms with Crippen molar-refractivity contribution in [3.8, 4) is 33.9 Å². The van der Waals surface area contributed by atoms with Crippen molar-refractivity contribution in [2.24, 2.45) is 0 Å². The minimum Gasteiger partial charge on any atom is -0.437 e. The Balaban J connectivity index is 1.43. The molecule has 0 aliphatic carbocycles. The van der Waals surface area contributed by atoms with E-state index in [4.69, 9.17) is 9.40 Å². The summed E-state index contributed by atoms with van der Waals surface area (Å²) in [7, 11) is 8.19. The fraction of sp³-hybridized carbons (Fsp3) is 0.118. The number of hydrogen-bond acceptors (Lipinski definition) is 5. The van der Waals surface area contributed by atoms with Crippen molar-refractivity contribution in [1.29, 1.82) is 0 Å². The van der Waals surface area contributed by atoms with Crippen LogP contribution in [0.2, 0.25) is 0 Å². The lowest BCUT2D eigenvalue weighted by Crippen LogP contribution is -2.08. The normalized spacial score (nSPS) is 11.4. The molecule has 6 rings (SSSR count). The second-order valence-corrected chi connectivity index (χ2v) is 10.1. The first-order valence-corrected chi connectivity index (χ1v) is 13.2. The van der Waals surface area contributed by atoms with Crippen LogP contribution in [-0.4, -0.2) is 43.1 Å². The van der Waals surface area contributed by atoms with Gasteiger partial charge in [-0.1, -0.05) is 60.7 Å². The van der Waals surface area contributed by atoms with Crippen LogP contribution in [0.3, 0.4) is 0 Å². The van der Waals surface area contributed by atoms with Crippen molar-refractivity contribution in [1.82, 2.24) is 15.0 Å². The molecule has 6 aromatic rings. The smallest absolute Gasteiger partial charge is 0.220 e. The lowest BCUT2D eigenvalue weighted by Gasteiger charge is -2.13. The first-order chi connectivity index (χ1) is 19.5. The molecule has 198 valence electrons. The molecule has 0 aliphatic rings. The van der Waals surface area contributed by atoms with Crippen molar-refractivity contribution in [3.05, 3.63) is 109 Å². The number of oxazole rings is 1. The Morgan fingerprint density at radius 1 is 0.650 bits per heavy atom.